The van der Waals surface area contributed by atoms with Crippen LogP contribution < -0.4 is 4.74 Å². The second-order valence-corrected chi connectivity index (χ2v) is 4.73. The monoisotopic (exact) mass is 287 g/mol. The molecule has 2 nitrogen and oxygen atoms in total. The fraction of sp³-hybridized carbons (Fsp3) is 0.625. The fourth-order valence-corrected chi connectivity index (χ4v) is 1.26. The minimum absolute atomic E-state index is 0.368. The van der Waals surface area contributed by atoms with Crippen molar-refractivity contribution in [1.82, 2.24) is 4.90 Å². The Balaban J connectivity index is 0. The van der Waals surface area contributed by atoms with Crippen LogP contribution in [0.2, 0.25) is 0 Å². The third-order valence-electron chi connectivity index (χ3n) is 2.31. The van der Waals surface area contributed by atoms with Crippen LogP contribution in [-0.4, -0.2) is 38.0 Å². The molecule has 0 aliphatic carbocycles. The van der Waals surface area contributed by atoms with Gasteiger partial charge in [-0.05, 0) is 45.6 Å². The van der Waals surface area contributed by atoms with E-state index in [4.69, 9.17) is 16.3 Å². The number of benzene rings is 1. The molecule has 0 aromatic heterocycles. The largest absolute Gasteiger partial charge is 0.497 e. The van der Waals surface area contributed by atoms with E-state index in [0.717, 1.165) is 25.1 Å². The molecule has 1 aromatic carbocycles. The lowest BCUT2D eigenvalue weighted by Gasteiger charge is -2.11. The van der Waals surface area contributed by atoms with Gasteiger partial charge in [0.25, 0.3) is 0 Å². The third-order valence-corrected chi connectivity index (χ3v) is 2.84. The van der Waals surface area contributed by atoms with E-state index in [0.29, 0.717) is 5.38 Å². The van der Waals surface area contributed by atoms with E-state index < -0.39 is 0 Å². The van der Waals surface area contributed by atoms with E-state index in [2.05, 4.69) is 25.9 Å². The van der Waals surface area contributed by atoms with E-state index >= 15 is 0 Å². The zero-order chi connectivity index (χ0) is 15.1. The van der Waals surface area contributed by atoms with Crippen LogP contribution in [-0.2, 0) is 0 Å². The second kappa shape index (κ2) is 15.3. The van der Waals surface area contributed by atoms with Crippen molar-refractivity contribution in [3.63, 3.8) is 0 Å². The van der Waals surface area contributed by atoms with E-state index in [1.54, 1.807) is 7.11 Å². The van der Waals surface area contributed by atoms with Gasteiger partial charge >= 0.3 is 0 Å². The van der Waals surface area contributed by atoms with Crippen LogP contribution >= 0.6 is 11.6 Å². The summed E-state index contributed by atoms with van der Waals surface area (Å²) in [5, 5.41) is 0.368. The molecule has 19 heavy (non-hydrogen) atoms. The number of rotatable bonds is 5. The predicted molar refractivity (Wildman–Crippen MR) is 87.4 cm³/mol. The van der Waals surface area contributed by atoms with Crippen LogP contribution in [0.1, 0.15) is 33.6 Å². The fourth-order valence-electron chi connectivity index (χ4n) is 1.16. The lowest BCUT2D eigenvalue weighted by Crippen LogP contribution is -2.16. The van der Waals surface area contributed by atoms with Crippen LogP contribution in [0.3, 0.4) is 0 Å². The molecule has 1 atom stereocenters. The van der Waals surface area contributed by atoms with Crippen LogP contribution in [0.4, 0.5) is 0 Å². The molecule has 0 N–H and O–H groups in total. The van der Waals surface area contributed by atoms with Gasteiger partial charge in [-0.1, -0.05) is 39.0 Å². The van der Waals surface area contributed by atoms with E-state index in [-0.39, 0.29) is 0 Å². The summed E-state index contributed by atoms with van der Waals surface area (Å²) in [6, 6.07) is 9.68. The number of halogens is 1. The molecule has 1 unspecified atom stereocenters. The molecule has 0 spiro atoms. The molecule has 0 bridgehead atoms. The van der Waals surface area contributed by atoms with Crippen molar-refractivity contribution in [2.24, 2.45) is 0 Å². The molecule has 0 aliphatic heterocycles. The summed E-state index contributed by atoms with van der Waals surface area (Å²) in [6.07, 6.45) is 2.18. The lowest BCUT2D eigenvalue weighted by atomic mass is 10.2. The molecule has 3 heteroatoms. The van der Waals surface area contributed by atoms with Crippen molar-refractivity contribution >= 4 is 11.6 Å². The maximum atomic E-state index is 5.88. The quantitative estimate of drug-likeness (QED) is 0.729. The highest BCUT2D eigenvalue weighted by atomic mass is 35.5. The number of methoxy groups -OCH3 is 1. The number of hydrogen-bond donors (Lipinski definition) is 0. The van der Waals surface area contributed by atoms with Crippen molar-refractivity contribution in [2.45, 2.75) is 39.0 Å². The number of ether oxygens (including phenoxy) is 1. The molecular weight excluding hydrogens is 258 g/mol. The Labute approximate surface area is 124 Å². The summed E-state index contributed by atoms with van der Waals surface area (Å²) in [7, 11) is 5.80. The standard InChI is InChI=1S/C7H16ClN.C7H8O.C2H6/c1-4-7(8)5-6-9(2)3;1-8-7-5-3-2-4-6-7;1-2/h7H,4-6H2,1-3H3;2-6H,1H3;1-2H3. The summed E-state index contributed by atoms with van der Waals surface area (Å²) in [4.78, 5) is 2.16. The van der Waals surface area contributed by atoms with Crippen molar-refractivity contribution in [2.75, 3.05) is 27.7 Å². The third kappa shape index (κ3) is 15.2. The highest BCUT2D eigenvalue weighted by molar-refractivity contribution is 6.20. The van der Waals surface area contributed by atoms with Crippen molar-refractivity contribution in [3.8, 4) is 5.75 Å². The Morgan fingerprint density at radius 1 is 1.16 bits per heavy atom. The van der Waals surface area contributed by atoms with Crippen molar-refractivity contribution in [3.05, 3.63) is 30.3 Å². The van der Waals surface area contributed by atoms with Crippen LogP contribution in [0, 0.1) is 0 Å². The first-order valence-corrected chi connectivity index (χ1v) is 7.41. The molecule has 0 amide bonds. The van der Waals surface area contributed by atoms with Crippen molar-refractivity contribution < 1.29 is 4.74 Å². The molecular formula is C16H30ClNO. The Bertz CT molecular complexity index is 265. The van der Waals surface area contributed by atoms with Crippen LogP contribution in [0.5, 0.6) is 5.75 Å². The van der Waals surface area contributed by atoms with Gasteiger partial charge in [0.1, 0.15) is 5.75 Å². The average molecular weight is 288 g/mol. The average Bonchev–Trinajstić information content (AvgIpc) is 2.48. The summed E-state index contributed by atoms with van der Waals surface area (Å²) < 4.78 is 4.91. The van der Waals surface area contributed by atoms with Gasteiger partial charge in [-0.15, -0.1) is 11.6 Å². The zero-order valence-corrected chi connectivity index (χ0v) is 14.1. The summed E-state index contributed by atoms with van der Waals surface area (Å²) in [5.74, 6) is 0.910. The first kappa shape index (κ1) is 20.6. The second-order valence-electron chi connectivity index (χ2n) is 4.11. The number of hydrogen-bond acceptors (Lipinski definition) is 2. The summed E-state index contributed by atoms with van der Waals surface area (Å²) in [5.41, 5.74) is 0. The maximum Gasteiger partial charge on any atom is 0.118 e. The highest BCUT2D eigenvalue weighted by Gasteiger charge is 2.00. The van der Waals surface area contributed by atoms with Crippen LogP contribution in [0.15, 0.2) is 30.3 Å². The SMILES string of the molecule is CC.CCC(Cl)CCN(C)C.COc1ccccc1. The molecule has 1 aromatic rings. The van der Waals surface area contributed by atoms with Gasteiger partial charge in [0.2, 0.25) is 0 Å². The number of para-hydroxylation sites is 1. The Kier molecular flexibility index (Phi) is 16.6. The number of nitrogens with zero attached hydrogens (tertiary/aromatic N) is 1. The number of alkyl halides is 1. The molecule has 0 aliphatic rings. The van der Waals surface area contributed by atoms with E-state index in [1.807, 2.05) is 44.2 Å². The lowest BCUT2D eigenvalue weighted by molar-refractivity contribution is 0.395. The van der Waals surface area contributed by atoms with Gasteiger partial charge in [-0.25, -0.2) is 0 Å². The van der Waals surface area contributed by atoms with Gasteiger partial charge in [0, 0.05) is 5.38 Å². The summed E-state index contributed by atoms with van der Waals surface area (Å²) >= 11 is 5.88. The molecule has 0 heterocycles. The summed E-state index contributed by atoms with van der Waals surface area (Å²) in [6.45, 7) is 7.22. The van der Waals surface area contributed by atoms with Gasteiger partial charge in [-0.2, -0.15) is 0 Å². The molecule has 0 radical (unpaired) electrons. The first-order valence-electron chi connectivity index (χ1n) is 6.98. The van der Waals surface area contributed by atoms with Gasteiger partial charge in [-0.3, -0.25) is 0 Å². The van der Waals surface area contributed by atoms with E-state index in [9.17, 15) is 0 Å². The van der Waals surface area contributed by atoms with Gasteiger partial charge in [0.05, 0.1) is 7.11 Å². The smallest absolute Gasteiger partial charge is 0.118 e. The Morgan fingerprint density at radius 3 is 2.00 bits per heavy atom. The Morgan fingerprint density at radius 2 is 1.68 bits per heavy atom. The zero-order valence-electron chi connectivity index (χ0n) is 13.3. The maximum absolute atomic E-state index is 5.88. The minimum atomic E-state index is 0.368. The Hall–Kier alpha value is -0.730. The normalized spacial score (nSPS) is 10.7. The molecule has 112 valence electrons. The van der Waals surface area contributed by atoms with Gasteiger partial charge < -0.3 is 9.64 Å². The van der Waals surface area contributed by atoms with Crippen LogP contribution in [0.25, 0.3) is 0 Å². The molecule has 1 rings (SSSR count). The van der Waals surface area contributed by atoms with Crippen molar-refractivity contribution in [1.29, 1.82) is 0 Å². The highest BCUT2D eigenvalue weighted by Crippen LogP contribution is 2.06. The first-order chi connectivity index (χ1) is 9.10. The molecule has 0 saturated carbocycles. The molecule has 0 fully saturated rings. The molecule has 0 saturated heterocycles. The minimum Gasteiger partial charge on any atom is -0.497 e. The predicted octanol–water partition coefficient (Wildman–Crippen LogP) is 4.68. The topological polar surface area (TPSA) is 12.5 Å². The van der Waals surface area contributed by atoms with E-state index in [1.165, 1.54) is 0 Å². The van der Waals surface area contributed by atoms with Gasteiger partial charge in [0.15, 0.2) is 0 Å².